The van der Waals surface area contributed by atoms with E-state index in [0.717, 1.165) is 67.6 Å². The number of esters is 2. The van der Waals surface area contributed by atoms with Gasteiger partial charge in [-0.15, -0.1) is 37.8 Å². The number of rotatable bonds is 45. The van der Waals surface area contributed by atoms with Gasteiger partial charge in [-0.1, -0.05) is 20.2 Å². The van der Waals surface area contributed by atoms with E-state index in [2.05, 4.69) is 117 Å². The summed E-state index contributed by atoms with van der Waals surface area (Å²) in [6.45, 7) is -1.18. The quantitative estimate of drug-likeness (QED) is 0.00321. The van der Waals surface area contributed by atoms with Crippen molar-refractivity contribution in [2.24, 2.45) is 20.5 Å². The van der Waals surface area contributed by atoms with Gasteiger partial charge in [-0.25, -0.2) is 29.1 Å². The second-order valence-corrected chi connectivity index (χ2v) is 28.2. The van der Waals surface area contributed by atoms with Gasteiger partial charge in [-0.2, -0.15) is 46.7 Å². The lowest BCUT2D eigenvalue weighted by atomic mass is 10.1. The Kier molecular flexibility index (Phi) is 35.8. The maximum Gasteiger partial charge on any atom is 0.340 e. The number of azo groups is 2. The number of nitrogens with zero attached hydrogens (tertiary/aromatic N) is 11. The van der Waals surface area contributed by atoms with Gasteiger partial charge in [-0.05, 0) is 121 Å². The Morgan fingerprint density at radius 3 is 1.20 bits per heavy atom. The number of hydrogen-bond donors (Lipinski definition) is 12. The molecule has 0 aliphatic rings. The van der Waals surface area contributed by atoms with Crippen molar-refractivity contribution in [1.82, 2.24) is 29.9 Å². The van der Waals surface area contributed by atoms with Crippen molar-refractivity contribution in [3.63, 3.8) is 0 Å². The van der Waals surface area contributed by atoms with E-state index in [1.165, 1.54) is 79.8 Å². The summed E-state index contributed by atoms with van der Waals surface area (Å²) >= 11 is 2.27. The molecule has 0 radical (unpaired) electrons. The number of anilines is 10. The molecule has 2 aromatic heterocycles. The molecule has 0 spiro atoms. The number of carbonyl (C=O) groups excluding carboxylic acids is 2. The minimum absolute atomic E-state index is 0.000255. The Bertz CT molecular complexity index is 5090. The van der Waals surface area contributed by atoms with Crippen LogP contribution < -0.4 is 31.5 Å². The van der Waals surface area contributed by atoms with E-state index in [0.29, 0.717) is 69.3 Å². The number of aliphatic hydroxyl groups is 5. The fourth-order valence-electron chi connectivity index (χ4n) is 9.57. The molecule has 0 saturated carbocycles. The van der Waals surface area contributed by atoms with Crippen LogP contribution in [0.25, 0.3) is 21.5 Å². The first-order valence-corrected chi connectivity index (χ1v) is 38.3. The van der Waals surface area contributed by atoms with Crippen molar-refractivity contribution in [2.45, 2.75) is 42.2 Å². The number of aromatic nitrogens is 6. The summed E-state index contributed by atoms with van der Waals surface area (Å²) in [6.07, 6.45) is 1.44. The maximum absolute atomic E-state index is 13.6. The van der Waals surface area contributed by atoms with E-state index in [1.54, 1.807) is 24.3 Å². The first-order chi connectivity index (χ1) is 55.6. The number of aliphatic hydroxyl groups excluding tert-OH is 5. The van der Waals surface area contributed by atoms with Gasteiger partial charge in [0.15, 0.2) is 11.5 Å². The van der Waals surface area contributed by atoms with E-state index in [9.17, 15) is 52.0 Å². The Morgan fingerprint density at radius 2 is 0.826 bits per heavy atom. The number of hydrogen-bond acceptors (Lipinski definition) is 49. The SMILES string of the molecule is COOOSc1ccc(C(=O)OC)c(N=Nc2c(SOOOC)cc3cc(S(=O)(=O)OC)cc(Nc4nc(NCCO)nc(Nc5ccc(Nc6nc(Nc7cc(S(=O)(=O)OC)cc8cc(SOOOC)c(N=Nc9cc(SOOOC)ccc9C(=O)OC)c(O)c78)nc(N(CCO)CCO)n6)cc5)n4)c3c2O)c1.OCCCCO. The largest absolute Gasteiger partial charge is 0.505 e. The molecule has 45 nitrogen and oxygen atoms in total. The van der Waals surface area contributed by atoms with Crippen molar-refractivity contribution in [3.8, 4) is 11.5 Å². The standard InChI is InChI=1S/C60H62N16O27S6.C4H10O2/c1-88-53(82)39-15-13-35(104-100-96-90-3)27-41(39)72-74-49-45(106-102-98-92-5)25-31-23-37(108(84,85)94-7)29-43(47(31)51(49)80)64-58-67-55(61-17-20-77)66-56(68-58)62-33-9-11-34(12-10-33)63-57-69-59(71-60(70-57)76(18-21-78)19-22-79)65-44-30-38(109(86,87)95-8)24-32-26-46(107-103-99-93-6)50(52(81)48(32)44)75-73-42-28-36(105-101-97-91-4)14-16-40(42)54(83)89-2;5-3-1-2-4-6/h9-16,23-30,77-81H,17-22H2,1-8H3,(H2,63,65,69,70,71)(H3,61,62,64,66,67,68);5-6H,1-4H2. The van der Waals surface area contributed by atoms with Crippen LogP contribution in [0.1, 0.15) is 33.6 Å². The zero-order valence-corrected chi connectivity index (χ0v) is 66.2. The summed E-state index contributed by atoms with van der Waals surface area (Å²) in [5.74, 6) is -4.17. The van der Waals surface area contributed by atoms with Gasteiger partial charge in [0.1, 0.15) is 22.7 Å². The van der Waals surface area contributed by atoms with Crippen LogP contribution in [0.2, 0.25) is 0 Å². The monoisotopic (exact) mass is 1720 g/mol. The third-order valence-corrected chi connectivity index (χ3v) is 19.4. The molecule has 51 heteroatoms. The Morgan fingerprint density at radius 1 is 0.443 bits per heavy atom. The zero-order chi connectivity index (χ0) is 83.0. The summed E-state index contributed by atoms with van der Waals surface area (Å²) in [5, 5.41) is 121. The molecule has 12 N–H and O–H groups in total. The summed E-state index contributed by atoms with van der Waals surface area (Å²) in [7, 11) is -0.207. The van der Waals surface area contributed by atoms with Crippen molar-refractivity contribution in [2.75, 3.05) is 141 Å². The predicted molar refractivity (Wildman–Crippen MR) is 408 cm³/mol. The van der Waals surface area contributed by atoms with Crippen LogP contribution in [-0.2, 0) is 95.1 Å². The van der Waals surface area contributed by atoms with Gasteiger partial charge in [-0.3, -0.25) is 8.37 Å². The minimum atomic E-state index is -4.54. The van der Waals surface area contributed by atoms with Crippen LogP contribution in [0.3, 0.4) is 0 Å². The van der Waals surface area contributed by atoms with Gasteiger partial charge in [0.25, 0.3) is 20.2 Å². The smallest absolute Gasteiger partial charge is 0.340 e. The number of unbranched alkanes of at least 4 members (excludes halogenated alkanes) is 1. The van der Waals surface area contributed by atoms with Crippen molar-refractivity contribution < 1.29 is 137 Å². The highest BCUT2D eigenvalue weighted by molar-refractivity contribution is 7.95. The Balaban J connectivity index is 0.00000265. The molecule has 0 amide bonds. The average Bonchev–Trinajstić information content (AvgIpc) is 0.759. The van der Waals surface area contributed by atoms with Crippen LogP contribution >= 0.6 is 48.2 Å². The molecule has 0 atom stereocenters. The summed E-state index contributed by atoms with van der Waals surface area (Å²) in [4.78, 5) is 72.3. The topological polar surface area (TPSA) is 582 Å². The highest BCUT2D eigenvalue weighted by Gasteiger charge is 2.28. The number of carbonyl (C=O) groups is 2. The summed E-state index contributed by atoms with van der Waals surface area (Å²) < 4.78 is 93.9. The molecule has 0 aliphatic heterocycles. The van der Waals surface area contributed by atoms with Crippen molar-refractivity contribution >= 4 is 183 Å². The summed E-state index contributed by atoms with van der Waals surface area (Å²) in [6, 6.07) is 21.9. The first kappa shape index (κ1) is 90.7. The van der Waals surface area contributed by atoms with E-state index in [4.69, 9.17) is 45.4 Å². The lowest BCUT2D eigenvalue weighted by Crippen LogP contribution is -2.31. The molecule has 0 unspecified atom stereocenters. The number of ether oxygens (including phenoxy) is 2. The fraction of sp³-hybridized carbons (Fsp3) is 0.281. The molecular formula is C64H72N16O29S6. The molecule has 0 bridgehead atoms. The average molecular weight is 1720 g/mol. The fourth-order valence-corrected chi connectivity index (χ4v) is 13.0. The second-order valence-electron chi connectivity index (χ2n) is 21.7. The van der Waals surface area contributed by atoms with Crippen molar-refractivity contribution in [1.29, 1.82) is 0 Å². The number of benzene rings is 7. The van der Waals surface area contributed by atoms with Crippen LogP contribution in [0.15, 0.2) is 147 Å². The van der Waals surface area contributed by atoms with E-state index in [-0.39, 0.29) is 152 Å². The molecule has 7 aromatic carbocycles. The van der Waals surface area contributed by atoms with Crippen LogP contribution in [0.5, 0.6) is 11.5 Å². The lowest BCUT2D eigenvalue weighted by molar-refractivity contribution is -0.447. The number of phenolic OH excluding ortho intramolecular Hbond substituents is 2. The number of nitrogens with one attached hydrogen (secondary N) is 5. The van der Waals surface area contributed by atoms with Crippen molar-refractivity contribution in [3.05, 3.63) is 108 Å². The maximum atomic E-state index is 13.6. The normalized spacial score (nSPS) is 11.7. The highest BCUT2D eigenvalue weighted by Crippen LogP contribution is 2.50. The molecule has 0 fully saturated rings. The van der Waals surface area contributed by atoms with Gasteiger partial charge < -0.3 is 76.7 Å². The Hall–Kier alpha value is -9.84. The number of fused-ring (bicyclic) bond motifs is 2. The summed E-state index contributed by atoms with van der Waals surface area (Å²) in [5.41, 5.74) is -0.767. The molecule has 9 aromatic rings. The highest BCUT2D eigenvalue weighted by atomic mass is 32.2. The molecule has 115 heavy (non-hydrogen) atoms. The van der Waals surface area contributed by atoms with Crippen LogP contribution in [0.4, 0.5) is 81.2 Å². The second kappa shape index (κ2) is 45.5. The molecule has 0 saturated heterocycles. The van der Waals surface area contributed by atoms with Gasteiger partial charge in [0.05, 0.1) is 167 Å². The molecule has 0 aliphatic carbocycles. The first-order valence-electron chi connectivity index (χ1n) is 32.5. The molecule has 9 rings (SSSR count). The molecular weight excluding hydrogens is 1650 g/mol. The predicted octanol–water partition coefficient (Wildman–Crippen LogP) is 9.84. The van der Waals surface area contributed by atoms with E-state index in [1.807, 2.05) is 0 Å². The molecule has 618 valence electrons. The van der Waals surface area contributed by atoms with E-state index >= 15 is 0 Å². The zero-order valence-electron chi connectivity index (χ0n) is 61.3. The van der Waals surface area contributed by atoms with Gasteiger partial charge in [0, 0.05) is 64.8 Å². The lowest BCUT2D eigenvalue weighted by Gasteiger charge is -2.22. The third kappa shape index (κ3) is 25.3. The Labute approximate surface area is 669 Å². The minimum Gasteiger partial charge on any atom is -0.505 e. The third-order valence-electron chi connectivity index (χ3n) is 14.6. The van der Waals surface area contributed by atoms with Gasteiger partial charge >= 0.3 is 11.9 Å². The number of methoxy groups -OCH3 is 2. The number of aromatic hydroxyl groups is 2. The van der Waals surface area contributed by atoms with E-state index < -0.39 is 66.7 Å². The van der Waals surface area contributed by atoms with Crippen LogP contribution in [0, 0.1) is 0 Å². The molecule has 2 heterocycles. The number of phenols is 2. The van der Waals surface area contributed by atoms with Gasteiger partial charge in [0.2, 0.25) is 35.7 Å². The van der Waals surface area contributed by atoms with Crippen LogP contribution in [-0.4, -0.2) is 204 Å².